The molecule has 0 spiro atoms. The Morgan fingerprint density at radius 2 is 2.00 bits per heavy atom. The fourth-order valence-corrected chi connectivity index (χ4v) is 2.06. The van der Waals surface area contributed by atoms with Crippen LogP contribution in [0.15, 0.2) is 40.9 Å². The van der Waals surface area contributed by atoms with Gasteiger partial charge in [0.1, 0.15) is 0 Å². The first-order chi connectivity index (χ1) is 8.99. The van der Waals surface area contributed by atoms with Crippen molar-refractivity contribution in [2.24, 2.45) is 5.73 Å². The number of nitrogens with two attached hydrogens (primary N) is 2. The van der Waals surface area contributed by atoms with Crippen LogP contribution in [0, 0.1) is 0 Å². The number of nitrogens with one attached hydrogen (secondary N) is 1. The minimum absolute atomic E-state index is 0.332. The maximum atomic E-state index is 11.4. The maximum Gasteiger partial charge on any atom is 0.250 e. The third kappa shape index (κ3) is 3.00. The van der Waals surface area contributed by atoms with Crippen LogP contribution in [0.3, 0.4) is 0 Å². The third-order valence-corrected chi connectivity index (χ3v) is 3.78. The lowest BCUT2D eigenvalue weighted by atomic mass is 10.1. The van der Waals surface area contributed by atoms with Crippen LogP contribution in [0.1, 0.15) is 10.4 Å². The summed E-state index contributed by atoms with van der Waals surface area (Å²) >= 11 is 9.32. The molecular formula is C13H11BrClN3O. The topological polar surface area (TPSA) is 81.1 Å². The Hall–Kier alpha value is -1.72. The van der Waals surface area contributed by atoms with Gasteiger partial charge in [0.05, 0.1) is 22.0 Å². The molecule has 0 aliphatic carbocycles. The Balaban J connectivity index is 2.42. The second-order valence-corrected chi connectivity index (χ2v) is 5.15. The van der Waals surface area contributed by atoms with Crippen molar-refractivity contribution >= 4 is 50.5 Å². The van der Waals surface area contributed by atoms with E-state index in [2.05, 4.69) is 21.2 Å². The number of para-hydroxylation sites is 1. The average Bonchev–Trinajstić information content (AvgIpc) is 2.36. The van der Waals surface area contributed by atoms with Gasteiger partial charge in [0.25, 0.3) is 5.91 Å². The number of benzene rings is 2. The number of hydrogen-bond donors (Lipinski definition) is 3. The molecule has 5 N–H and O–H groups in total. The summed E-state index contributed by atoms with van der Waals surface area (Å²) in [6, 6.07) is 10.3. The van der Waals surface area contributed by atoms with Gasteiger partial charge in [-0.05, 0) is 46.3 Å². The van der Waals surface area contributed by atoms with E-state index in [4.69, 9.17) is 23.1 Å². The van der Waals surface area contributed by atoms with Gasteiger partial charge in [0.15, 0.2) is 0 Å². The Labute approximate surface area is 123 Å². The molecule has 0 saturated heterocycles. The lowest BCUT2D eigenvalue weighted by Gasteiger charge is -2.13. The summed E-state index contributed by atoms with van der Waals surface area (Å²) < 4.78 is 0.788. The normalized spacial score (nSPS) is 10.2. The SMILES string of the molecule is NC(=O)c1cccc(N)c1Nc1ccc(Br)c(Cl)c1. The zero-order chi connectivity index (χ0) is 14.0. The molecule has 0 saturated carbocycles. The molecule has 0 fully saturated rings. The number of nitrogen functional groups attached to an aromatic ring is 1. The molecule has 6 heteroatoms. The molecular weight excluding hydrogens is 330 g/mol. The van der Waals surface area contributed by atoms with E-state index in [1.165, 1.54) is 0 Å². The van der Waals surface area contributed by atoms with E-state index in [0.29, 0.717) is 27.6 Å². The summed E-state index contributed by atoms with van der Waals surface area (Å²) in [6.45, 7) is 0. The van der Waals surface area contributed by atoms with Gasteiger partial charge < -0.3 is 16.8 Å². The van der Waals surface area contributed by atoms with E-state index in [9.17, 15) is 4.79 Å². The van der Waals surface area contributed by atoms with Crippen molar-refractivity contribution < 1.29 is 4.79 Å². The Bertz CT molecular complexity index is 646. The first-order valence-corrected chi connectivity index (χ1v) is 6.56. The molecule has 0 unspecified atom stereocenters. The van der Waals surface area contributed by atoms with Crippen molar-refractivity contribution in [1.29, 1.82) is 0 Å². The minimum atomic E-state index is -0.544. The Morgan fingerprint density at radius 1 is 1.26 bits per heavy atom. The summed E-state index contributed by atoms with van der Waals surface area (Å²) in [6.07, 6.45) is 0. The van der Waals surface area contributed by atoms with Crippen molar-refractivity contribution in [1.82, 2.24) is 0 Å². The molecule has 2 rings (SSSR count). The molecule has 0 aromatic heterocycles. The lowest BCUT2D eigenvalue weighted by Crippen LogP contribution is -2.14. The van der Waals surface area contributed by atoms with E-state index >= 15 is 0 Å². The quantitative estimate of drug-likeness (QED) is 0.748. The number of halogens is 2. The predicted octanol–water partition coefficient (Wildman–Crippen LogP) is 3.53. The minimum Gasteiger partial charge on any atom is -0.397 e. The van der Waals surface area contributed by atoms with Crippen molar-refractivity contribution in [3.05, 3.63) is 51.5 Å². The van der Waals surface area contributed by atoms with E-state index < -0.39 is 5.91 Å². The first-order valence-electron chi connectivity index (χ1n) is 5.39. The molecule has 0 aliphatic rings. The third-order valence-electron chi connectivity index (χ3n) is 2.55. The van der Waals surface area contributed by atoms with Gasteiger partial charge >= 0.3 is 0 Å². The van der Waals surface area contributed by atoms with Crippen LogP contribution in [0.2, 0.25) is 5.02 Å². The van der Waals surface area contributed by atoms with Gasteiger partial charge in [-0.1, -0.05) is 17.7 Å². The highest BCUT2D eigenvalue weighted by Gasteiger charge is 2.11. The largest absolute Gasteiger partial charge is 0.397 e. The predicted molar refractivity (Wildman–Crippen MR) is 81.8 cm³/mol. The van der Waals surface area contributed by atoms with E-state index in [1.807, 2.05) is 6.07 Å². The van der Waals surface area contributed by atoms with E-state index in [0.717, 1.165) is 4.47 Å². The zero-order valence-electron chi connectivity index (χ0n) is 9.78. The van der Waals surface area contributed by atoms with Gasteiger partial charge in [-0.3, -0.25) is 4.79 Å². The molecule has 0 heterocycles. The molecule has 98 valence electrons. The van der Waals surface area contributed by atoms with E-state index in [1.54, 1.807) is 30.3 Å². The van der Waals surface area contributed by atoms with Gasteiger partial charge in [-0.25, -0.2) is 0 Å². The fourth-order valence-electron chi connectivity index (χ4n) is 1.63. The summed E-state index contributed by atoms with van der Waals surface area (Å²) in [5, 5.41) is 3.61. The molecule has 0 atom stereocenters. The zero-order valence-corrected chi connectivity index (χ0v) is 12.1. The summed E-state index contributed by atoms with van der Waals surface area (Å²) in [4.78, 5) is 11.4. The number of carbonyl (C=O) groups is 1. The smallest absolute Gasteiger partial charge is 0.250 e. The van der Waals surface area contributed by atoms with Crippen LogP contribution in [0.4, 0.5) is 17.1 Å². The average molecular weight is 341 g/mol. The highest BCUT2D eigenvalue weighted by Crippen LogP contribution is 2.30. The van der Waals surface area contributed by atoms with Crippen LogP contribution in [0.5, 0.6) is 0 Å². The molecule has 0 bridgehead atoms. The number of carbonyl (C=O) groups excluding carboxylic acids is 1. The number of hydrogen-bond acceptors (Lipinski definition) is 3. The molecule has 1 amide bonds. The number of amides is 1. The summed E-state index contributed by atoms with van der Waals surface area (Å²) in [5.41, 5.74) is 13.2. The highest BCUT2D eigenvalue weighted by atomic mass is 79.9. The monoisotopic (exact) mass is 339 g/mol. The maximum absolute atomic E-state index is 11.4. The van der Waals surface area contributed by atoms with Crippen molar-refractivity contribution in [3.63, 3.8) is 0 Å². The van der Waals surface area contributed by atoms with Crippen LogP contribution in [0.25, 0.3) is 0 Å². The summed E-state index contributed by atoms with van der Waals surface area (Å²) in [5.74, 6) is -0.544. The van der Waals surface area contributed by atoms with Gasteiger partial charge in [-0.15, -0.1) is 0 Å². The van der Waals surface area contributed by atoms with Gasteiger partial charge in [0.2, 0.25) is 0 Å². The Morgan fingerprint density at radius 3 is 2.63 bits per heavy atom. The van der Waals surface area contributed by atoms with Crippen LogP contribution in [-0.2, 0) is 0 Å². The highest BCUT2D eigenvalue weighted by molar-refractivity contribution is 9.10. The lowest BCUT2D eigenvalue weighted by molar-refractivity contribution is 0.100. The van der Waals surface area contributed by atoms with Gasteiger partial charge in [0, 0.05) is 10.2 Å². The fraction of sp³-hybridized carbons (Fsp3) is 0. The number of anilines is 3. The second-order valence-electron chi connectivity index (χ2n) is 3.89. The molecule has 19 heavy (non-hydrogen) atoms. The number of rotatable bonds is 3. The molecule has 2 aromatic rings. The van der Waals surface area contributed by atoms with Crippen LogP contribution in [-0.4, -0.2) is 5.91 Å². The van der Waals surface area contributed by atoms with Crippen molar-refractivity contribution in [2.75, 3.05) is 11.1 Å². The van der Waals surface area contributed by atoms with Crippen molar-refractivity contribution in [3.8, 4) is 0 Å². The second kappa shape index (κ2) is 5.50. The van der Waals surface area contributed by atoms with E-state index in [-0.39, 0.29) is 0 Å². The number of primary amides is 1. The molecule has 0 aliphatic heterocycles. The van der Waals surface area contributed by atoms with Crippen molar-refractivity contribution in [2.45, 2.75) is 0 Å². The van der Waals surface area contributed by atoms with Gasteiger partial charge in [-0.2, -0.15) is 0 Å². The summed E-state index contributed by atoms with van der Waals surface area (Å²) in [7, 11) is 0. The molecule has 4 nitrogen and oxygen atoms in total. The standard InChI is InChI=1S/C13H11BrClN3O/c14-9-5-4-7(6-10(9)15)18-12-8(13(17)19)2-1-3-11(12)16/h1-6,18H,16H2,(H2,17,19). The molecule has 0 radical (unpaired) electrons. The van der Waals surface area contributed by atoms with Crippen LogP contribution < -0.4 is 16.8 Å². The molecule has 2 aromatic carbocycles. The van der Waals surface area contributed by atoms with Crippen LogP contribution >= 0.6 is 27.5 Å². The Kier molecular flexibility index (Phi) is 3.97. The first kappa shape index (κ1) is 13.7.